The lowest BCUT2D eigenvalue weighted by atomic mass is 10.0. The van der Waals surface area contributed by atoms with Crippen LogP contribution in [-0.2, 0) is 6.61 Å². The van der Waals surface area contributed by atoms with Gasteiger partial charge in [0.25, 0.3) is 0 Å². The molecule has 116 valence electrons. The van der Waals surface area contributed by atoms with Crippen LogP contribution >= 0.6 is 0 Å². The van der Waals surface area contributed by atoms with Gasteiger partial charge in [0, 0.05) is 17.8 Å². The second-order valence-corrected chi connectivity index (χ2v) is 4.98. The van der Waals surface area contributed by atoms with Gasteiger partial charge in [-0.1, -0.05) is 18.2 Å². The fourth-order valence-corrected chi connectivity index (χ4v) is 2.26. The van der Waals surface area contributed by atoms with Gasteiger partial charge in [-0.2, -0.15) is 0 Å². The molecular weight excluding hydrogens is 293 g/mol. The van der Waals surface area contributed by atoms with E-state index in [-0.39, 0.29) is 12.4 Å². The van der Waals surface area contributed by atoms with E-state index in [1.165, 1.54) is 12.1 Å². The van der Waals surface area contributed by atoms with Crippen LogP contribution in [0.1, 0.15) is 5.69 Å². The molecule has 0 aliphatic carbocycles. The van der Waals surface area contributed by atoms with Crippen LogP contribution < -0.4 is 9.47 Å². The number of hydrogen-bond acceptors (Lipinski definition) is 3. The van der Waals surface area contributed by atoms with Crippen molar-refractivity contribution in [2.75, 3.05) is 7.11 Å². The molecule has 3 nitrogen and oxygen atoms in total. The standard InChI is InChI=1S/C19H16FNO2/c1-22-17-8-5-14(6-9-17)18-10-7-15(20)12-19(18)23-13-16-4-2-3-11-21-16/h2-12H,13H2,1H3. The van der Waals surface area contributed by atoms with Gasteiger partial charge in [-0.3, -0.25) is 4.98 Å². The van der Waals surface area contributed by atoms with Crippen LogP contribution in [0.5, 0.6) is 11.5 Å². The largest absolute Gasteiger partial charge is 0.497 e. The molecular formula is C19H16FNO2. The van der Waals surface area contributed by atoms with E-state index >= 15 is 0 Å². The topological polar surface area (TPSA) is 31.4 Å². The smallest absolute Gasteiger partial charge is 0.130 e. The van der Waals surface area contributed by atoms with E-state index in [0.29, 0.717) is 5.75 Å². The Morgan fingerprint density at radius 3 is 2.52 bits per heavy atom. The number of methoxy groups -OCH3 is 1. The number of aromatic nitrogens is 1. The summed E-state index contributed by atoms with van der Waals surface area (Å²) in [5.41, 5.74) is 2.55. The fraction of sp³-hybridized carbons (Fsp3) is 0.105. The minimum absolute atomic E-state index is 0.285. The van der Waals surface area contributed by atoms with E-state index in [1.807, 2.05) is 42.5 Å². The van der Waals surface area contributed by atoms with Gasteiger partial charge in [0.1, 0.15) is 23.9 Å². The normalized spacial score (nSPS) is 10.3. The second-order valence-electron chi connectivity index (χ2n) is 4.98. The number of benzene rings is 2. The van der Waals surface area contributed by atoms with Crippen molar-refractivity contribution < 1.29 is 13.9 Å². The van der Waals surface area contributed by atoms with Crippen LogP contribution in [-0.4, -0.2) is 12.1 Å². The van der Waals surface area contributed by atoms with Gasteiger partial charge in [-0.25, -0.2) is 4.39 Å². The van der Waals surface area contributed by atoms with Crippen molar-refractivity contribution in [1.29, 1.82) is 0 Å². The maximum atomic E-state index is 13.6. The molecule has 0 aliphatic rings. The lowest BCUT2D eigenvalue weighted by molar-refractivity contribution is 0.301. The summed E-state index contributed by atoms with van der Waals surface area (Å²) in [6.45, 7) is 0.285. The maximum absolute atomic E-state index is 13.6. The van der Waals surface area contributed by atoms with Gasteiger partial charge in [0.05, 0.1) is 12.8 Å². The molecule has 3 rings (SSSR count). The summed E-state index contributed by atoms with van der Waals surface area (Å²) in [6, 6.07) is 17.7. The van der Waals surface area contributed by atoms with Gasteiger partial charge in [-0.15, -0.1) is 0 Å². The molecule has 0 bridgehead atoms. The zero-order valence-corrected chi connectivity index (χ0v) is 12.7. The van der Waals surface area contributed by atoms with Crippen LogP contribution in [0.4, 0.5) is 4.39 Å². The molecule has 0 saturated heterocycles. The summed E-state index contributed by atoms with van der Waals surface area (Å²) in [6.07, 6.45) is 1.70. The van der Waals surface area contributed by atoms with Crippen molar-refractivity contribution in [2.24, 2.45) is 0 Å². The lowest BCUT2D eigenvalue weighted by Crippen LogP contribution is -1.99. The molecule has 0 saturated carbocycles. The highest BCUT2D eigenvalue weighted by Gasteiger charge is 2.09. The Hall–Kier alpha value is -2.88. The Kier molecular flexibility index (Phi) is 4.52. The summed E-state index contributed by atoms with van der Waals surface area (Å²) >= 11 is 0. The third-order valence-corrected chi connectivity index (χ3v) is 3.45. The highest BCUT2D eigenvalue weighted by atomic mass is 19.1. The van der Waals surface area contributed by atoms with Gasteiger partial charge >= 0.3 is 0 Å². The lowest BCUT2D eigenvalue weighted by Gasteiger charge is -2.12. The van der Waals surface area contributed by atoms with Crippen molar-refractivity contribution in [3.63, 3.8) is 0 Å². The average Bonchev–Trinajstić information content (AvgIpc) is 2.61. The number of pyridine rings is 1. The highest BCUT2D eigenvalue weighted by Crippen LogP contribution is 2.32. The number of nitrogens with zero attached hydrogens (tertiary/aromatic N) is 1. The predicted molar refractivity (Wildman–Crippen MR) is 87.0 cm³/mol. The number of ether oxygens (including phenoxy) is 2. The van der Waals surface area contributed by atoms with Crippen LogP contribution in [0.15, 0.2) is 66.9 Å². The summed E-state index contributed by atoms with van der Waals surface area (Å²) in [4.78, 5) is 4.21. The zero-order chi connectivity index (χ0) is 16.1. The molecule has 0 N–H and O–H groups in total. The average molecular weight is 309 g/mol. The first kappa shape index (κ1) is 15.0. The number of hydrogen-bond donors (Lipinski definition) is 0. The van der Waals surface area contributed by atoms with E-state index < -0.39 is 0 Å². The van der Waals surface area contributed by atoms with E-state index in [0.717, 1.165) is 22.6 Å². The Morgan fingerprint density at radius 2 is 1.83 bits per heavy atom. The van der Waals surface area contributed by atoms with Gasteiger partial charge in [0.15, 0.2) is 0 Å². The molecule has 0 unspecified atom stereocenters. The first-order valence-electron chi connectivity index (χ1n) is 7.23. The summed E-state index contributed by atoms with van der Waals surface area (Å²) < 4.78 is 24.5. The van der Waals surface area contributed by atoms with E-state index in [9.17, 15) is 4.39 Å². The van der Waals surface area contributed by atoms with Gasteiger partial charge < -0.3 is 9.47 Å². The molecule has 0 aliphatic heterocycles. The zero-order valence-electron chi connectivity index (χ0n) is 12.7. The Balaban J connectivity index is 1.87. The first-order valence-corrected chi connectivity index (χ1v) is 7.23. The quantitative estimate of drug-likeness (QED) is 0.696. The van der Waals surface area contributed by atoms with Crippen LogP contribution in [0.2, 0.25) is 0 Å². The Morgan fingerprint density at radius 1 is 1.00 bits per heavy atom. The van der Waals surface area contributed by atoms with Gasteiger partial charge in [-0.05, 0) is 42.0 Å². The third-order valence-electron chi connectivity index (χ3n) is 3.45. The molecule has 3 aromatic rings. The summed E-state index contributed by atoms with van der Waals surface area (Å²) in [5, 5.41) is 0. The molecule has 1 aromatic heterocycles. The van der Waals surface area contributed by atoms with Crippen molar-refractivity contribution in [3.8, 4) is 22.6 Å². The minimum atomic E-state index is -0.335. The molecule has 0 radical (unpaired) electrons. The van der Waals surface area contributed by atoms with Gasteiger partial charge in [0.2, 0.25) is 0 Å². The third kappa shape index (κ3) is 3.66. The number of halogens is 1. The first-order chi connectivity index (χ1) is 11.3. The van der Waals surface area contributed by atoms with E-state index in [2.05, 4.69) is 4.98 Å². The minimum Gasteiger partial charge on any atom is -0.497 e. The molecule has 0 amide bonds. The molecule has 1 heterocycles. The van der Waals surface area contributed by atoms with Crippen molar-refractivity contribution in [3.05, 3.63) is 78.4 Å². The summed E-state index contributed by atoms with van der Waals surface area (Å²) in [5.74, 6) is 0.922. The SMILES string of the molecule is COc1ccc(-c2ccc(F)cc2OCc2ccccn2)cc1. The molecule has 0 fully saturated rings. The number of rotatable bonds is 5. The molecule has 2 aromatic carbocycles. The summed E-state index contributed by atoms with van der Waals surface area (Å²) in [7, 11) is 1.62. The van der Waals surface area contributed by atoms with E-state index in [4.69, 9.17) is 9.47 Å². The highest BCUT2D eigenvalue weighted by molar-refractivity contribution is 5.70. The van der Waals surface area contributed by atoms with Crippen LogP contribution in [0.3, 0.4) is 0 Å². The monoisotopic (exact) mass is 309 g/mol. The second kappa shape index (κ2) is 6.92. The predicted octanol–water partition coefficient (Wildman–Crippen LogP) is 4.48. The van der Waals surface area contributed by atoms with E-state index in [1.54, 1.807) is 19.4 Å². The van der Waals surface area contributed by atoms with Crippen molar-refractivity contribution in [1.82, 2.24) is 4.98 Å². The molecule has 0 spiro atoms. The molecule has 0 atom stereocenters. The maximum Gasteiger partial charge on any atom is 0.130 e. The van der Waals surface area contributed by atoms with Crippen molar-refractivity contribution >= 4 is 0 Å². The Labute approximate surface area is 134 Å². The Bertz CT molecular complexity index is 773. The molecule has 23 heavy (non-hydrogen) atoms. The van der Waals surface area contributed by atoms with Crippen LogP contribution in [0, 0.1) is 5.82 Å². The van der Waals surface area contributed by atoms with Crippen LogP contribution in [0.25, 0.3) is 11.1 Å². The fourth-order valence-electron chi connectivity index (χ4n) is 2.26. The molecule has 4 heteroatoms. The van der Waals surface area contributed by atoms with Crippen molar-refractivity contribution in [2.45, 2.75) is 6.61 Å².